The molecule has 3 nitrogen and oxygen atoms in total. The second-order valence-corrected chi connectivity index (χ2v) is 6.97. The van der Waals surface area contributed by atoms with Gasteiger partial charge in [0.05, 0.1) is 4.75 Å². The maximum Gasteiger partial charge on any atom is 0.153 e. The van der Waals surface area contributed by atoms with Crippen LogP contribution in [0.2, 0.25) is 0 Å². The summed E-state index contributed by atoms with van der Waals surface area (Å²) in [7, 11) is -3.06. The Hall–Kier alpha value is -0.160. The van der Waals surface area contributed by atoms with Gasteiger partial charge in [0.1, 0.15) is 6.17 Å². The van der Waals surface area contributed by atoms with Crippen molar-refractivity contribution in [1.29, 1.82) is 0 Å². The number of hydrogen-bond donors (Lipinski definition) is 0. The van der Waals surface area contributed by atoms with Gasteiger partial charge >= 0.3 is 0 Å². The van der Waals surface area contributed by atoms with Crippen LogP contribution in [0.1, 0.15) is 13.8 Å². The van der Waals surface area contributed by atoms with Crippen molar-refractivity contribution in [3.05, 3.63) is 0 Å². The monoisotopic (exact) mass is 209 g/mol. The van der Waals surface area contributed by atoms with E-state index in [1.165, 1.54) is 6.26 Å². The third-order valence-electron chi connectivity index (χ3n) is 2.52. The molecule has 13 heavy (non-hydrogen) atoms. The zero-order valence-corrected chi connectivity index (χ0v) is 9.07. The maximum absolute atomic E-state index is 12.4. The van der Waals surface area contributed by atoms with E-state index in [1.54, 1.807) is 13.8 Å². The van der Waals surface area contributed by atoms with Crippen molar-refractivity contribution in [2.75, 3.05) is 25.9 Å². The van der Waals surface area contributed by atoms with Crippen molar-refractivity contribution >= 4 is 9.84 Å². The van der Waals surface area contributed by atoms with Crippen molar-refractivity contribution in [3.63, 3.8) is 0 Å². The molecule has 1 aliphatic rings. The highest BCUT2D eigenvalue weighted by molar-refractivity contribution is 7.92. The minimum Gasteiger partial charge on any atom is -0.296 e. The predicted molar refractivity (Wildman–Crippen MR) is 50.3 cm³/mol. The fraction of sp³-hybridized carbons (Fsp3) is 1.00. The molecule has 0 bridgehead atoms. The first-order chi connectivity index (χ1) is 5.72. The van der Waals surface area contributed by atoms with Gasteiger partial charge in [-0.2, -0.15) is 0 Å². The standard InChI is InChI=1S/C8H16FNO2S/c1-8(2,13(3,11)12)6-10-4-7(9)5-10/h7H,4-6H2,1-3H3. The van der Waals surface area contributed by atoms with E-state index in [4.69, 9.17) is 0 Å². The smallest absolute Gasteiger partial charge is 0.153 e. The minimum atomic E-state index is -3.06. The lowest BCUT2D eigenvalue weighted by Crippen LogP contribution is -2.55. The first kappa shape index (κ1) is 10.9. The summed E-state index contributed by atoms with van der Waals surface area (Å²) >= 11 is 0. The number of rotatable bonds is 3. The molecule has 0 amide bonds. The molecular formula is C8H16FNO2S. The Kier molecular flexibility index (Phi) is 2.69. The Morgan fingerprint density at radius 2 is 1.92 bits per heavy atom. The van der Waals surface area contributed by atoms with Crippen molar-refractivity contribution in [2.45, 2.75) is 24.8 Å². The van der Waals surface area contributed by atoms with E-state index in [2.05, 4.69) is 0 Å². The molecule has 1 rings (SSSR count). The summed E-state index contributed by atoms with van der Waals surface area (Å²) in [5, 5.41) is 0. The molecule has 0 radical (unpaired) electrons. The highest BCUT2D eigenvalue weighted by atomic mass is 32.2. The zero-order valence-electron chi connectivity index (χ0n) is 8.25. The van der Waals surface area contributed by atoms with Gasteiger partial charge in [-0.05, 0) is 13.8 Å². The van der Waals surface area contributed by atoms with Gasteiger partial charge in [0.25, 0.3) is 0 Å². The van der Waals surface area contributed by atoms with Crippen LogP contribution in [-0.4, -0.2) is 50.1 Å². The minimum absolute atomic E-state index is 0.374. The summed E-state index contributed by atoms with van der Waals surface area (Å²) in [6.45, 7) is 4.52. The Bertz CT molecular complexity index is 281. The van der Waals surface area contributed by atoms with Crippen LogP contribution in [0, 0.1) is 0 Å². The van der Waals surface area contributed by atoms with E-state index < -0.39 is 20.8 Å². The van der Waals surface area contributed by atoms with Crippen LogP contribution >= 0.6 is 0 Å². The van der Waals surface area contributed by atoms with Gasteiger partial charge in [0.15, 0.2) is 9.84 Å². The molecule has 1 aliphatic heterocycles. The molecule has 0 aromatic heterocycles. The normalized spacial score (nSPS) is 21.5. The summed E-state index contributed by atoms with van der Waals surface area (Å²) in [5.41, 5.74) is 0. The lowest BCUT2D eigenvalue weighted by Gasteiger charge is -2.39. The molecule has 0 aromatic rings. The van der Waals surface area contributed by atoms with Crippen LogP contribution in [0.3, 0.4) is 0 Å². The van der Waals surface area contributed by atoms with E-state index in [-0.39, 0.29) is 0 Å². The lowest BCUT2D eigenvalue weighted by atomic mass is 10.1. The summed E-state index contributed by atoms with van der Waals surface area (Å²) in [4.78, 5) is 1.83. The third-order valence-corrected chi connectivity index (χ3v) is 4.66. The molecule has 0 aromatic carbocycles. The Balaban J connectivity index is 2.53. The van der Waals surface area contributed by atoms with E-state index in [1.807, 2.05) is 4.90 Å². The average Bonchev–Trinajstić information content (AvgIpc) is 1.80. The van der Waals surface area contributed by atoms with Gasteiger partial charge in [-0.3, -0.25) is 4.90 Å². The second-order valence-electron chi connectivity index (χ2n) is 4.32. The topological polar surface area (TPSA) is 37.4 Å². The fourth-order valence-corrected chi connectivity index (χ4v) is 1.71. The van der Waals surface area contributed by atoms with Gasteiger partial charge in [-0.25, -0.2) is 12.8 Å². The van der Waals surface area contributed by atoms with E-state index in [0.29, 0.717) is 19.6 Å². The molecule has 0 N–H and O–H groups in total. The summed E-state index contributed by atoms with van der Waals surface area (Å²) in [6, 6.07) is 0. The summed E-state index contributed by atoms with van der Waals surface area (Å²) < 4.78 is 34.3. The SMILES string of the molecule is CC(C)(CN1CC(F)C1)S(C)(=O)=O. The van der Waals surface area contributed by atoms with Crippen LogP contribution in [-0.2, 0) is 9.84 Å². The van der Waals surface area contributed by atoms with Gasteiger partial charge < -0.3 is 0 Å². The quantitative estimate of drug-likeness (QED) is 0.678. The van der Waals surface area contributed by atoms with Gasteiger partial charge in [0, 0.05) is 25.9 Å². The zero-order chi connectivity index (χ0) is 10.3. The first-order valence-corrected chi connectivity index (χ1v) is 6.17. The van der Waals surface area contributed by atoms with Crippen LogP contribution in [0.25, 0.3) is 0 Å². The molecule has 5 heteroatoms. The Labute approximate surface area is 78.8 Å². The maximum atomic E-state index is 12.4. The van der Waals surface area contributed by atoms with E-state index >= 15 is 0 Å². The van der Waals surface area contributed by atoms with Crippen LogP contribution < -0.4 is 0 Å². The van der Waals surface area contributed by atoms with Crippen LogP contribution in [0.5, 0.6) is 0 Å². The summed E-state index contributed by atoms with van der Waals surface area (Å²) in [5.74, 6) is 0. The molecule has 0 atom stereocenters. The lowest BCUT2D eigenvalue weighted by molar-refractivity contribution is 0.0591. The molecule has 0 saturated carbocycles. The van der Waals surface area contributed by atoms with Crippen molar-refractivity contribution < 1.29 is 12.8 Å². The van der Waals surface area contributed by atoms with Crippen molar-refractivity contribution in [1.82, 2.24) is 4.90 Å². The third kappa shape index (κ3) is 2.40. The molecule has 1 heterocycles. The van der Waals surface area contributed by atoms with Gasteiger partial charge in [-0.15, -0.1) is 0 Å². The average molecular weight is 209 g/mol. The highest BCUT2D eigenvalue weighted by Gasteiger charge is 2.36. The van der Waals surface area contributed by atoms with Crippen LogP contribution in [0.4, 0.5) is 4.39 Å². The van der Waals surface area contributed by atoms with Crippen molar-refractivity contribution in [3.8, 4) is 0 Å². The molecular weight excluding hydrogens is 193 g/mol. The molecule has 78 valence electrons. The summed E-state index contributed by atoms with van der Waals surface area (Å²) in [6.07, 6.45) is 0.454. The fourth-order valence-electron chi connectivity index (χ4n) is 1.29. The first-order valence-electron chi connectivity index (χ1n) is 4.28. The van der Waals surface area contributed by atoms with E-state index in [0.717, 1.165) is 0 Å². The number of halogens is 1. The number of alkyl halides is 1. The highest BCUT2D eigenvalue weighted by Crippen LogP contribution is 2.21. The number of hydrogen-bond acceptors (Lipinski definition) is 3. The number of nitrogens with zero attached hydrogens (tertiary/aromatic N) is 1. The molecule has 0 aliphatic carbocycles. The van der Waals surface area contributed by atoms with Gasteiger partial charge in [0.2, 0.25) is 0 Å². The van der Waals surface area contributed by atoms with E-state index in [9.17, 15) is 12.8 Å². The van der Waals surface area contributed by atoms with Gasteiger partial charge in [-0.1, -0.05) is 0 Å². The molecule has 1 fully saturated rings. The Morgan fingerprint density at radius 1 is 1.46 bits per heavy atom. The number of sulfone groups is 1. The largest absolute Gasteiger partial charge is 0.296 e. The van der Waals surface area contributed by atoms with Crippen LogP contribution in [0.15, 0.2) is 0 Å². The van der Waals surface area contributed by atoms with Crippen molar-refractivity contribution in [2.24, 2.45) is 0 Å². The number of likely N-dealkylation sites (tertiary alicyclic amines) is 1. The second kappa shape index (κ2) is 3.20. The Morgan fingerprint density at radius 3 is 2.23 bits per heavy atom. The molecule has 1 saturated heterocycles. The molecule has 0 unspecified atom stereocenters. The molecule has 0 spiro atoms. The predicted octanol–water partition coefficient (Wildman–Crippen LogP) is 0.463.